The minimum absolute atomic E-state index is 0.0221. The van der Waals surface area contributed by atoms with Gasteiger partial charge in [0.05, 0.1) is 6.42 Å². The molecule has 0 radical (unpaired) electrons. The summed E-state index contributed by atoms with van der Waals surface area (Å²) in [4.78, 5) is 12.9. The molecule has 0 aromatic carbocycles. The van der Waals surface area contributed by atoms with Crippen molar-refractivity contribution in [1.29, 1.82) is 0 Å². The maximum Gasteiger partial charge on any atom is 0.307 e. The van der Waals surface area contributed by atoms with Crippen molar-refractivity contribution in [2.24, 2.45) is 0 Å². The maximum absolute atomic E-state index is 11.8. The average Bonchev–Trinajstić information content (AvgIpc) is 2.83. The van der Waals surface area contributed by atoms with E-state index in [0.717, 1.165) is 17.7 Å². The van der Waals surface area contributed by atoms with E-state index >= 15 is 0 Å². The number of carbonyl (C=O) groups is 1. The summed E-state index contributed by atoms with van der Waals surface area (Å²) < 4.78 is 5.48. The summed E-state index contributed by atoms with van der Waals surface area (Å²) in [6.07, 6.45) is 6.24. The van der Waals surface area contributed by atoms with Crippen LogP contribution in [0, 0.1) is 0 Å². The Balaban J connectivity index is 1.76. The van der Waals surface area contributed by atoms with Crippen molar-refractivity contribution < 1.29 is 9.53 Å². The summed E-state index contributed by atoms with van der Waals surface area (Å²) in [5, 5.41) is 1.98. The standard InChI is InChI=1S/C13H18O2S2/c14-13(15-10-5-2-1-3-6-10)9-11(16)12-7-4-8-17-12/h4,7-8,10-11,16H,1-3,5-6,9H2. The molecular formula is C13H18O2S2. The van der Waals surface area contributed by atoms with Crippen molar-refractivity contribution >= 4 is 29.9 Å². The van der Waals surface area contributed by atoms with Gasteiger partial charge in [0.25, 0.3) is 0 Å². The number of esters is 1. The Morgan fingerprint density at radius 3 is 2.88 bits per heavy atom. The molecule has 2 rings (SSSR count). The fourth-order valence-corrected chi connectivity index (χ4v) is 3.29. The van der Waals surface area contributed by atoms with Gasteiger partial charge in [-0.15, -0.1) is 11.3 Å². The van der Waals surface area contributed by atoms with Crippen molar-refractivity contribution in [2.45, 2.75) is 49.9 Å². The highest BCUT2D eigenvalue weighted by atomic mass is 32.1. The molecule has 1 aromatic rings. The van der Waals surface area contributed by atoms with E-state index < -0.39 is 0 Å². The molecule has 0 spiro atoms. The van der Waals surface area contributed by atoms with Crippen LogP contribution in [0.25, 0.3) is 0 Å². The van der Waals surface area contributed by atoms with Crippen molar-refractivity contribution in [3.8, 4) is 0 Å². The maximum atomic E-state index is 11.8. The van der Waals surface area contributed by atoms with Crippen LogP contribution in [0.15, 0.2) is 17.5 Å². The largest absolute Gasteiger partial charge is 0.462 e. The van der Waals surface area contributed by atoms with Gasteiger partial charge in [-0.3, -0.25) is 4.79 Å². The molecule has 0 bridgehead atoms. The molecule has 1 aromatic heterocycles. The van der Waals surface area contributed by atoms with E-state index in [-0.39, 0.29) is 17.3 Å². The number of thiophene rings is 1. The molecule has 0 N–H and O–H groups in total. The summed E-state index contributed by atoms with van der Waals surface area (Å²) in [6.45, 7) is 0. The molecule has 0 amide bonds. The van der Waals surface area contributed by atoms with Crippen molar-refractivity contribution in [3.05, 3.63) is 22.4 Å². The molecule has 0 aliphatic heterocycles. The summed E-state index contributed by atoms with van der Waals surface area (Å²) in [6, 6.07) is 3.99. The summed E-state index contributed by atoms with van der Waals surface area (Å²) in [5.74, 6) is -0.106. The summed E-state index contributed by atoms with van der Waals surface area (Å²) >= 11 is 6.09. The van der Waals surface area contributed by atoms with Crippen LogP contribution in [0.2, 0.25) is 0 Å². The molecule has 17 heavy (non-hydrogen) atoms. The van der Waals surface area contributed by atoms with E-state index in [1.165, 1.54) is 19.3 Å². The number of carbonyl (C=O) groups excluding carboxylic acids is 1. The topological polar surface area (TPSA) is 26.3 Å². The van der Waals surface area contributed by atoms with Gasteiger partial charge in [0.1, 0.15) is 6.10 Å². The van der Waals surface area contributed by atoms with Crippen LogP contribution in [0.5, 0.6) is 0 Å². The van der Waals surface area contributed by atoms with E-state index in [2.05, 4.69) is 12.6 Å². The predicted octanol–water partition coefficient (Wildman–Crippen LogP) is 3.99. The molecule has 94 valence electrons. The molecule has 4 heteroatoms. The lowest BCUT2D eigenvalue weighted by atomic mass is 9.98. The summed E-state index contributed by atoms with van der Waals surface area (Å²) in [7, 11) is 0. The first-order valence-electron chi connectivity index (χ1n) is 6.16. The Morgan fingerprint density at radius 2 is 2.24 bits per heavy atom. The fourth-order valence-electron chi connectivity index (χ4n) is 2.16. The zero-order valence-corrected chi connectivity index (χ0v) is 11.5. The first kappa shape index (κ1) is 13.0. The smallest absolute Gasteiger partial charge is 0.307 e. The SMILES string of the molecule is O=C(CC(S)c1cccs1)OC1CCCCC1. The van der Waals surface area contributed by atoms with Gasteiger partial charge in [-0.05, 0) is 37.1 Å². The van der Waals surface area contributed by atoms with Crippen LogP contribution in [-0.4, -0.2) is 12.1 Å². The molecule has 1 aliphatic rings. The lowest BCUT2D eigenvalue weighted by Gasteiger charge is -2.22. The second-order valence-corrected chi connectivity index (χ2v) is 6.09. The molecule has 0 saturated heterocycles. The van der Waals surface area contributed by atoms with Crippen LogP contribution in [0.3, 0.4) is 0 Å². The Hall–Kier alpha value is -0.480. The minimum Gasteiger partial charge on any atom is -0.462 e. The van der Waals surface area contributed by atoms with Gasteiger partial charge in [0.15, 0.2) is 0 Å². The second-order valence-electron chi connectivity index (χ2n) is 4.49. The van der Waals surface area contributed by atoms with Gasteiger partial charge in [-0.25, -0.2) is 0 Å². The Morgan fingerprint density at radius 1 is 1.47 bits per heavy atom. The Labute approximate surface area is 112 Å². The zero-order valence-electron chi connectivity index (χ0n) is 9.80. The molecule has 2 nitrogen and oxygen atoms in total. The third-order valence-electron chi connectivity index (χ3n) is 3.08. The van der Waals surface area contributed by atoms with Crippen LogP contribution < -0.4 is 0 Å². The average molecular weight is 270 g/mol. The van der Waals surface area contributed by atoms with E-state index in [4.69, 9.17) is 4.74 Å². The molecule has 1 heterocycles. The first-order chi connectivity index (χ1) is 8.25. The van der Waals surface area contributed by atoms with Gasteiger partial charge >= 0.3 is 5.97 Å². The van der Waals surface area contributed by atoms with Crippen LogP contribution in [0.1, 0.15) is 48.7 Å². The number of thiol groups is 1. The number of hydrogen-bond donors (Lipinski definition) is 1. The van der Waals surface area contributed by atoms with E-state index in [0.29, 0.717) is 6.42 Å². The van der Waals surface area contributed by atoms with Crippen LogP contribution in [-0.2, 0) is 9.53 Å². The van der Waals surface area contributed by atoms with Gasteiger partial charge < -0.3 is 4.74 Å². The third-order valence-corrected chi connectivity index (χ3v) is 4.70. The van der Waals surface area contributed by atoms with Crippen LogP contribution in [0.4, 0.5) is 0 Å². The monoisotopic (exact) mass is 270 g/mol. The molecule has 1 unspecified atom stereocenters. The van der Waals surface area contributed by atoms with Crippen molar-refractivity contribution in [2.75, 3.05) is 0 Å². The molecule has 1 atom stereocenters. The Kier molecular flexibility index (Phi) is 4.92. The fraction of sp³-hybridized carbons (Fsp3) is 0.615. The van der Waals surface area contributed by atoms with Gasteiger partial charge in [-0.2, -0.15) is 12.6 Å². The van der Waals surface area contributed by atoms with Gasteiger partial charge in [-0.1, -0.05) is 12.5 Å². The zero-order chi connectivity index (χ0) is 12.1. The molecule has 1 saturated carbocycles. The highest BCUT2D eigenvalue weighted by Crippen LogP contribution is 2.29. The van der Waals surface area contributed by atoms with Crippen molar-refractivity contribution in [1.82, 2.24) is 0 Å². The number of hydrogen-bond acceptors (Lipinski definition) is 4. The van der Waals surface area contributed by atoms with Gasteiger partial charge in [0, 0.05) is 10.1 Å². The van der Waals surface area contributed by atoms with Crippen molar-refractivity contribution in [3.63, 3.8) is 0 Å². The van der Waals surface area contributed by atoms with Gasteiger partial charge in [0.2, 0.25) is 0 Å². The normalized spacial score (nSPS) is 18.9. The second kappa shape index (κ2) is 6.45. The molecular weight excluding hydrogens is 252 g/mol. The first-order valence-corrected chi connectivity index (χ1v) is 7.56. The highest BCUT2D eigenvalue weighted by Gasteiger charge is 2.20. The molecule has 1 aliphatic carbocycles. The number of ether oxygens (including phenoxy) is 1. The lowest BCUT2D eigenvalue weighted by Crippen LogP contribution is -2.21. The molecule has 1 fully saturated rings. The summed E-state index contributed by atoms with van der Waals surface area (Å²) in [5.41, 5.74) is 0. The Bertz CT molecular complexity index is 342. The van der Waals surface area contributed by atoms with E-state index in [1.54, 1.807) is 11.3 Å². The van der Waals surface area contributed by atoms with E-state index in [9.17, 15) is 4.79 Å². The minimum atomic E-state index is -0.106. The number of rotatable bonds is 4. The third kappa shape index (κ3) is 4.03. The highest BCUT2D eigenvalue weighted by molar-refractivity contribution is 7.80. The quantitative estimate of drug-likeness (QED) is 0.661. The lowest BCUT2D eigenvalue weighted by molar-refractivity contribution is -0.150. The predicted molar refractivity (Wildman–Crippen MR) is 73.6 cm³/mol. The van der Waals surface area contributed by atoms with E-state index in [1.807, 2.05) is 17.5 Å². The van der Waals surface area contributed by atoms with Crippen LogP contribution >= 0.6 is 24.0 Å².